The van der Waals surface area contributed by atoms with Crippen LogP contribution in [0.2, 0.25) is 0 Å². The summed E-state index contributed by atoms with van der Waals surface area (Å²) < 4.78 is 32.2. The Labute approximate surface area is 137 Å². The number of amides is 1. The van der Waals surface area contributed by atoms with Gasteiger partial charge in [0.1, 0.15) is 5.76 Å². The maximum atomic E-state index is 13.6. The second-order valence-corrected chi connectivity index (χ2v) is 6.51. The molecule has 2 atom stereocenters. The van der Waals surface area contributed by atoms with Crippen molar-refractivity contribution < 1.29 is 23.1 Å². The summed E-state index contributed by atoms with van der Waals surface area (Å²) in [4.78, 5) is 14.5. The van der Waals surface area contributed by atoms with Gasteiger partial charge in [-0.1, -0.05) is 6.07 Å². The third kappa shape index (κ3) is 2.60. The minimum atomic E-state index is -0.955. The van der Waals surface area contributed by atoms with Crippen molar-refractivity contribution in [1.82, 2.24) is 4.90 Å². The second-order valence-electron chi connectivity index (χ2n) is 6.51. The molecule has 1 aliphatic heterocycles. The van der Waals surface area contributed by atoms with Crippen molar-refractivity contribution >= 4 is 5.91 Å². The molecule has 4 rings (SSSR count). The summed E-state index contributed by atoms with van der Waals surface area (Å²) in [7, 11) is 0. The highest BCUT2D eigenvalue weighted by Gasteiger charge is 2.39. The van der Waals surface area contributed by atoms with Crippen molar-refractivity contribution in [2.24, 2.45) is 0 Å². The molecular formula is C18H17F2NO3. The Morgan fingerprint density at radius 3 is 2.71 bits per heavy atom. The van der Waals surface area contributed by atoms with E-state index in [2.05, 4.69) is 0 Å². The first-order valence-corrected chi connectivity index (χ1v) is 8.06. The Hall–Kier alpha value is -2.21. The average molecular weight is 333 g/mol. The zero-order valence-electron chi connectivity index (χ0n) is 12.9. The topological polar surface area (TPSA) is 53.7 Å². The van der Waals surface area contributed by atoms with Crippen LogP contribution in [0.4, 0.5) is 8.78 Å². The smallest absolute Gasteiger partial charge is 0.258 e. The molecule has 24 heavy (non-hydrogen) atoms. The van der Waals surface area contributed by atoms with E-state index in [1.165, 1.54) is 17.2 Å². The lowest BCUT2D eigenvalue weighted by Gasteiger charge is -2.25. The van der Waals surface area contributed by atoms with Gasteiger partial charge in [-0.05, 0) is 43.0 Å². The van der Waals surface area contributed by atoms with Crippen LogP contribution in [0.15, 0.2) is 34.9 Å². The maximum absolute atomic E-state index is 13.6. The van der Waals surface area contributed by atoms with Crippen LogP contribution in [-0.4, -0.2) is 28.6 Å². The van der Waals surface area contributed by atoms with Crippen LogP contribution >= 0.6 is 0 Å². The standard InChI is InChI=1S/C18H17F2NO3/c19-14-4-3-11(7-15(14)20)16-8-12(22)9-21(16)18(23)13-5-6-24-17(13)10-1-2-10/h3-7,10,12,16,22H,1-2,8-9H2. The van der Waals surface area contributed by atoms with Gasteiger partial charge in [0.05, 0.1) is 24.0 Å². The molecule has 1 amide bonds. The van der Waals surface area contributed by atoms with Crippen molar-refractivity contribution in [3.05, 3.63) is 59.1 Å². The highest BCUT2D eigenvalue weighted by molar-refractivity contribution is 5.96. The third-order valence-corrected chi connectivity index (χ3v) is 4.74. The number of hydrogen-bond donors (Lipinski definition) is 1. The molecule has 1 aromatic carbocycles. The van der Waals surface area contributed by atoms with Crippen LogP contribution in [0, 0.1) is 11.6 Å². The third-order valence-electron chi connectivity index (χ3n) is 4.74. The van der Waals surface area contributed by atoms with Crippen LogP contribution < -0.4 is 0 Å². The number of carbonyl (C=O) groups is 1. The van der Waals surface area contributed by atoms with Crippen molar-refractivity contribution in [1.29, 1.82) is 0 Å². The van der Waals surface area contributed by atoms with Gasteiger partial charge >= 0.3 is 0 Å². The van der Waals surface area contributed by atoms with Gasteiger partial charge in [0.15, 0.2) is 11.6 Å². The summed E-state index contributed by atoms with van der Waals surface area (Å²) in [6.07, 6.45) is 3.11. The van der Waals surface area contributed by atoms with Gasteiger partial charge < -0.3 is 14.4 Å². The molecule has 1 aliphatic carbocycles. The molecule has 2 fully saturated rings. The Kier molecular flexibility index (Phi) is 3.64. The van der Waals surface area contributed by atoms with Gasteiger partial charge in [-0.25, -0.2) is 8.78 Å². The molecule has 0 spiro atoms. The zero-order chi connectivity index (χ0) is 16.8. The monoisotopic (exact) mass is 333 g/mol. The van der Waals surface area contributed by atoms with E-state index in [0.717, 1.165) is 25.0 Å². The van der Waals surface area contributed by atoms with E-state index < -0.39 is 23.8 Å². The summed E-state index contributed by atoms with van der Waals surface area (Å²) in [5.74, 6) is -1.15. The molecule has 2 aromatic rings. The molecule has 4 nitrogen and oxygen atoms in total. The van der Waals surface area contributed by atoms with E-state index in [1.807, 2.05) is 0 Å². The van der Waals surface area contributed by atoms with Gasteiger partial charge in [0.2, 0.25) is 0 Å². The molecule has 0 radical (unpaired) electrons. The Morgan fingerprint density at radius 1 is 1.21 bits per heavy atom. The van der Waals surface area contributed by atoms with Crippen molar-refractivity contribution in [3.8, 4) is 0 Å². The Balaban J connectivity index is 1.65. The number of rotatable bonds is 3. The maximum Gasteiger partial charge on any atom is 0.258 e. The lowest BCUT2D eigenvalue weighted by Crippen LogP contribution is -2.32. The quantitative estimate of drug-likeness (QED) is 0.937. The predicted molar refractivity (Wildman–Crippen MR) is 81.4 cm³/mol. The van der Waals surface area contributed by atoms with Gasteiger partial charge in [0.25, 0.3) is 5.91 Å². The molecule has 0 bridgehead atoms. The zero-order valence-corrected chi connectivity index (χ0v) is 12.9. The number of likely N-dealkylation sites (tertiary alicyclic amines) is 1. The first-order valence-electron chi connectivity index (χ1n) is 8.06. The molecule has 1 saturated carbocycles. The first kappa shape index (κ1) is 15.3. The SMILES string of the molecule is O=C(c1ccoc1C1CC1)N1CC(O)CC1c1ccc(F)c(F)c1. The van der Waals surface area contributed by atoms with Gasteiger partial charge in [-0.3, -0.25) is 4.79 Å². The molecule has 1 saturated heterocycles. The number of furan rings is 1. The second kappa shape index (κ2) is 5.70. The largest absolute Gasteiger partial charge is 0.468 e. The Bertz CT molecular complexity index is 784. The lowest BCUT2D eigenvalue weighted by atomic mass is 10.0. The molecule has 2 aliphatic rings. The van der Waals surface area contributed by atoms with Gasteiger partial charge in [0, 0.05) is 12.5 Å². The fourth-order valence-corrected chi connectivity index (χ4v) is 3.39. The molecular weight excluding hydrogens is 316 g/mol. The minimum absolute atomic E-state index is 0.164. The first-order chi connectivity index (χ1) is 11.5. The number of hydrogen-bond acceptors (Lipinski definition) is 3. The molecule has 126 valence electrons. The molecule has 2 unspecified atom stereocenters. The fourth-order valence-electron chi connectivity index (χ4n) is 3.39. The summed E-state index contributed by atoms with van der Waals surface area (Å²) in [5, 5.41) is 10.0. The van der Waals surface area contributed by atoms with E-state index >= 15 is 0 Å². The number of β-amino-alcohol motifs (C(OH)–C–C–N with tert-alkyl or cyclic N) is 1. The van der Waals surface area contributed by atoms with E-state index in [-0.39, 0.29) is 18.4 Å². The number of aliphatic hydroxyl groups excluding tert-OH is 1. The van der Waals surface area contributed by atoms with E-state index in [9.17, 15) is 18.7 Å². The summed E-state index contributed by atoms with van der Waals surface area (Å²) in [6, 6.07) is 4.76. The molecule has 1 N–H and O–H groups in total. The number of halogens is 2. The summed E-state index contributed by atoms with van der Waals surface area (Å²) in [6.45, 7) is 0.164. The van der Waals surface area contributed by atoms with Crippen LogP contribution in [0.3, 0.4) is 0 Å². The van der Waals surface area contributed by atoms with E-state index in [4.69, 9.17) is 4.42 Å². The molecule has 6 heteroatoms. The van der Waals surface area contributed by atoms with Gasteiger partial charge in [-0.2, -0.15) is 0 Å². The Morgan fingerprint density at radius 2 is 2.00 bits per heavy atom. The van der Waals surface area contributed by atoms with Crippen LogP contribution in [0.5, 0.6) is 0 Å². The normalized spacial score (nSPS) is 23.7. The van der Waals surface area contributed by atoms with Crippen molar-refractivity contribution in [2.45, 2.75) is 37.3 Å². The van der Waals surface area contributed by atoms with Crippen molar-refractivity contribution in [3.63, 3.8) is 0 Å². The summed E-state index contributed by atoms with van der Waals surface area (Å²) in [5.41, 5.74) is 0.981. The average Bonchev–Trinajstić information content (AvgIpc) is 3.15. The number of nitrogens with zero attached hydrogens (tertiary/aromatic N) is 1. The highest BCUT2D eigenvalue weighted by Crippen LogP contribution is 2.43. The predicted octanol–water partition coefficient (Wildman–Crippen LogP) is 3.38. The number of aliphatic hydroxyl groups is 1. The van der Waals surface area contributed by atoms with E-state index in [0.29, 0.717) is 23.3 Å². The van der Waals surface area contributed by atoms with Gasteiger partial charge in [-0.15, -0.1) is 0 Å². The van der Waals surface area contributed by atoms with E-state index in [1.54, 1.807) is 6.07 Å². The van der Waals surface area contributed by atoms with Crippen LogP contribution in [0.25, 0.3) is 0 Å². The summed E-state index contributed by atoms with van der Waals surface area (Å²) >= 11 is 0. The van der Waals surface area contributed by atoms with Crippen molar-refractivity contribution in [2.75, 3.05) is 6.54 Å². The fraction of sp³-hybridized carbons (Fsp3) is 0.389. The lowest BCUT2D eigenvalue weighted by molar-refractivity contribution is 0.0713. The van der Waals surface area contributed by atoms with Crippen LogP contribution in [0.1, 0.15) is 52.9 Å². The molecule has 2 heterocycles. The highest BCUT2D eigenvalue weighted by atomic mass is 19.2. The number of carbonyl (C=O) groups excluding carboxylic acids is 1. The van der Waals surface area contributed by atoms with Crippen LogP contribution in [-0.2, 0) is 0 Å². The molecule has 1 aromatic heterocycles. The minimum Gasteiger partial charge on any atom is -0.468 e. The number of benzene rings is 1.